The fourth-order valence-corrected chi connectivity index (χ4v) is 1.56. The van der Waals surface area contributed by atoms with E-state index >= 15 is 0 Å². The largest absolute Gasteiger partial charge is 0.456 e. The van der Waals surface area contributed by atoms with Crippen LogP contribution in [0.2, 0.25) is 0 Å². The fourth-order valence-electron chi connectivity index (χ4n) is 1.56. The molecule has 2 rings (SSSR count). The van der Waals surface area contributed by atoms with Crippen molar-refractivity contribution in [3.8, 4) is 0 Å². The highest BCUT2D eigenvalue weighted by atomic mass is 16.5. The van der Waals surface area contributed by atoms with Crippen LogP contribution in [0.5, 0.6) is 0 Å². The summed E-state index contributed by atoms with van der Waals surface area (Å²) in [6.45, 7) is 2.15. The highest BCUT2D eigenvalue weighted by Gasteiger charge is 2.15. The molecule has 17 heavy (non-hydrogen) atoms. The molecule has 88 valence electrons. The Bertz CT molecular complexity index is 474. The lowest BCUT2D eigenvalue weighted by Gasteiger charge is -2.04. The van der Waals surface area contributed by atoms with Crippen molar-refractivity contribution in [3.63, 3.8) is 0 Å². The minimum Gasteiger partial charge on any atom is -0.456 e. The molecule has 1 N–H and O–H groups in total. The molecule has 0 aromatic heterocycles. The van der Waals surface area contributed by atoms with Gasteiger partial charge in [-0.2, -0.15) is 0 Å². The average molecular weight is 231 g/mol. The number of hydrogen-bond donors (Lipinski definition) is 1. The molecule has 0 unspecified atom stereocenters. The number of benzene rings is 1. The van der Waals surface area contributed by atoms with Crippen LogP contribution in [0.15, 0.2) is 36.0 Å². The molecule has 0 saturated heterocycles. The van der Waals surface area contributed by atoms with Gasteiger partial charge in [-0.3, -0.25) is 4.79 Å². The quantitative estimate of drug-likeness (QED) is 0.792. The molecule has 0 bridgehead atoms. The lowest BCUT2D eigenvalue weighted by molar-refractivity contribution is -0.135. The SMILES string of the molecule is Cc1ccc(CC(=O)NC2=CC(=O)OC2)cc1. The molecular formula is C13H13NO3. The highest BCUT2D eigenvalue weighted by Crippen LogP contribution is 2.06. The third kappa shape index (κ3) is 3.17. The van der Waals surface area contributed by atoms with Crippen LogP contribution in [0.3, 0.4) is 0 Å². The van der Waals surface area contributed by atoms with E-state index in [9.17, 15) is 9.59 Å². The number of esters is 1. The summed E-state index contributed by atoms with van der Waals surface area (Å²) in [5.74, 6) is -0.547. The molecule has 0 fully saturated rings. The first-order chi connectivity index (χ1) is 8.13. The summed E-state index contributed by atoms with van der Waals surface area (Å²) in [6.07, 6.45) is 1.60. The van der Waals surface area contributed by atoms with Crippen molar-refractivity contribution in [2.75, 3.05) is 6.61 Å². The van der Waals surface area contributed by atoms with Crippen LogP contribution in [0, 0.1) is 6.92 Å². The lowest BCUT2D eigenvalue weighted by atomic mass is 10.1. The molecule has 1 aliphatic rings. The Morgan fingerprint density at radius 1 is 1.35 bits per heavy atom. The predicted molar refractivity (Wildman–Crippen MR) is 62.1 cm³/mol. The minimum atomic E-state index is -0.407. The van der Waals surface area contributed by atoms with Crippen molar-refractivity contribution >= 4 is 11.9 Å². The van der Waals surface area contributed by atoms with E-state index in [4.69, 9.17) is 0 Å². The summed E-state index contributed by atoms with van der Waals surface area (Å²) >= 11 is 0. The van der Waals surface area contributed by atoms with Crippen LogP contribution in [0.25, 0.3) is 0 Å². The summed E-state index contributed by atoms with van der Waals surface area (Å²) in [5, 5.41) is 2.65. The lowest BCUT2D eigenvalue weighted by Crippen LogP contribution is -2.25. The van der Waals surface area contributed by atoms with Gasteiger partial charge >= 0.3 is 5.97 Å². The summed E-state index contributed by atoms with van der Waals surface area (Å²) < 4.78 is 4.69. The minimum absolute atomic E-state index is 0.140. The van der Waals surface area contributed by atoms with Gasteiger partial charge in [-0.25, -0.2) is 4.79 Å². The van der Waals surface area contributed by atoms with E-state index in [1.165, 1.54) is 6.08 Å². The summed E-state index contributed by atoms with van der Waals surface area (Å²) in [5.41, 5.74) is 2.62. The van der Waals surface area contributed by atoms with Gasteiger partial charge in [0.25, 0.3) is 0 Å². The van der Waals surface area contributed by atoms with Gasteiger partial charge in [-0.15, -0.1) is 0 Å². The number of cyclic esters (lactones) is 1. The Kier molecular flexibility index (Phi) is 3.23. The molecule has 1 amide bonds. The first kappa shape index (κ1) is 11.4. The van der Waals surface area contributed by atoms with E-state index in [1.54, 1.807) is 0 Å². The smallest absolute Gasteiger partial charge is 0.333 e. The topological polar surface area (TPSA) is 55.4 Å². The van der Waals surface area contributed by atoms with Crippen LogP contribution >= 0.6 is 0 Å². The second-order valence-electron chi connectivity index (χ2n) is 3.99. The highest BCUT2D eigenvalue weighted by molar-refractivity contribution is 5.88. The molecule has 1 aromatic rings. The average Bonchev–Trinajstić information content (AvgIpc) is 2.67. The van der Waals surface area contributed by atoms with E-state index in [0.717, 1.165) is 11.1 Å². The molecule has 0 atom stereocenters. The second kappa shape index (κ2) is 4.82. The van der Waals surface area contributed by atoms with Crippen LogP contribution in [0.1, 0.15) is 11.1 Å². The summed E-state index contributed by atoms with van der Waals surface area (Å²) in [4.78, 5) is 22.4. The number of amides is 1. The maximum atomic E-state index is 11.6. The summed E-state index contributed by atoms with van der Waals surface area (Å²) in [7, 11) is 0. The number of hydrogen-bond acceptors (Lipinski definition) is 3. The molecule has 1 aliphatic heterocycles. The zero-order chi connectivity index (χ0) is 12.3. The Morgan fingerprint density at radius 3 is 2.65 bits per heavy atom. The standard InChI is InChI=1S/C13H13NO3/c1-9-2-4-10(5-3-9)6-12(15)14-11-7-13(16)17-8-11/h2-5,7H,6,8H2,1H3,(H,14,15). The number of carbonyl (C=O) groups is 2. The third-order valence-electron chi connectivity index (χ3n) is 2.45. The fraction of sp³-hybridized carbons (Fsp3) is 0.231. The first-order valence-corrected chi connectivity index (χ1v) is 5.36. The number of carbonyl (C=O) groups excluding carboxylic acids is 2. The van der Waals surface area contributed by atoms with Crippen LogP contribution in [-0.2, 0) is 20.7 Å². The molecule has 0 radical (unpaired) electrons. The van der Waals surface area contributed by atoms with Gasteiger partial charge in [0.15, 0.2) is 0 Å². The first-order valence-electron chi connectivity index (χ1n) is 5.36. The Balaban J connectivity index is 1.91. The third-order valence-corrected chi connectivity index (χ3v) is 2.45. The van der Waals surface area contributed by atoms with Gasteiger partial charge in [0.2, 0.25) is 5.91 Å². The van der Waals surface area contributed by atoms with E-state index in [1.807, 2.05) is 31.2 Å². The molecule has 1 heterocycles. The maximum absolute atomic E-state index is 11.6. The van der Waals surface area contributed by atoms with Crippen molar-refractivity contribution in [2.24, 2.45) is 0 Å². The number of aryl methyl sites for hydroxylation is 1. The molecule has 4 heteroatoms. The Morgan fingerprint density at radius 2 is 2.06 bits per heavy atom. The monoisotopic (exact) mass is 231 g/mol. The van der Waals surface area contributed by atoms with Crippen molar-refractivity contribution in [3.05, 3.63) is 47.2 Å². The van der Waals surface area contributed by atoms with Crippen molar-refractivity contribution < 1.29 is 14.3 Å². The van der Waals surface area contributed by atoms with Gasteiger partial charge < -0.3 is 10.1 Å². The zero-order valence-electron chi connectivity index (χ0n) is 9.53. The number of ether oxygens (including phenoxy) is 1. The number of rotatable bonds is 3. The van der Waals surface area contributed by atoms with Gasteiger partial charge in [0.05, 0.1) is 12.1 Å². The molecule has 0 spiro atoms. The Labute approximate surface area is 99.3 Å². The normalized spacial score (nSPS) is 14.2. The van der Waals surface area contributed by atoms with Crippen LogP contribution in [-0.4, -0.2) is 18.5 Å². The van der Waals surface area contributed by atoms with Gasteiger partial charge in [0.1, 0.15) is 6.61 Å². The van der Waals surface area contributed by atoms with E-state index in [-0.39, 0.29) is 12.5 Å². The van der Waals surface area contributed by atoms with Crippen molar-refractivity contribution in [1.82, 2.24) is 5.32 Å². The van der Waals surface area contributed by atoms with Crippen LogP contribution in [0.4, 0.5) is 0 Å². The van der Waals surface area contributed by atoms with Gasteiger partial charge in [-0.05, 0) is 12.5 Å². The molecule has 0 aliphatic carbocycles. The molecule has 0 saturated carbocycles. The molecule has 4 nitrogen and oxygen atoms in total. The Hall–Kier alpha value is -2.10. The van der Waals surface area contributed by atoms with E-state index in [0.29, 0.717) is 12.1 Å². The van der Waals surface area contributed by atoms with E-state index in [2.05, 4.69) is 10.1 Å². The van der Waals surface area contributed by atoms with E-state index < -0.39 is 5.97 Å². The number of nitrogens with one attached hydrogen (secondary N) is 1. The zero-order valence-corrected chi connectivity index (χ0v) is 9.53. The van der Waals surface area contributed by atoms with Gasteiger partial charge in [-0.1, -0.05) is 29.8 Å². The second-order valence-corrected chi connectivity index (χ2v) is 3.99. The maximum Gasteiger partial charge on any atom is 0.333 e. The van der Waals surface area contributed by atoms with Crippen molar-refractivity contribution in [2.45, 2.75) is 13.3 Å². The predicted octanol–water partition coefficient (Wildman–Crippen LogP) is 1.09. The molecule has 1 aromatic carbocycles. The van der Waals surface area contributed by atoms with Crippen molar-refractivity contribution in [1.29, 1.82) is 0 Å². The molecular weight excluding hydrogens is 218 g/mol. The summed E-state index contributed by atoms with van der Waals surface area (Å²) in [6, 6.07) is 7.76. The van der Waals surface area contributed by atoms with Gasteiger partial charge in [0, 0.05) is 6.08 Å². The van der Waals surface area contributed by atoms with Crippen LogP contribution < -0.4 is 5.32 Å².